The van der Waals surface area contributed by atoms with Crippen LogP contribution in [0, 0.1) is 11.6 Å². The number of aromatic nitrogens is 1. The number of halogens is 2. The van der Waals surface area contributed by atoms with Crippen LogP contribution in [0.4, 0.5) is 20.3 Å². The van der Waals surface area contributed by atoms with E-state index in [1.54, 1.807) is 23.2 Å². The largest absolute Gasteiger partial charge is 0.492 e. The average molecular weight is 395 g/mol. The number of para-hydroxylation sites is 1. The second kappa shape index (κ2) is 8.26. The molecule has 4 rings (SSSR count). The fourth-order valence-corrected chi connectivity index (χ4v) is 3.32. The molecule has 148 valence electrons. The van der Waals surface area contributed by atoms with Crippen LogP contribution in [0.25, 0.3) is 0 Å². The number of carbonyl (C=O) groups is 1. The standard InChI is InChI=1S/C22H19F2N3O2/c23-18-8-7-16(14-19(18)24)29-13-11-26-21-17(5-3-10-25-21)22(28)27-12-9-15-4-1-2-6-20(15)27/h1-8,10,14H,9,11-13H2,(H,25,26). The van der Waals surface area contributed by atoms with Crippen molar-refractivity contribution in [3.8, 4) is 5.75 Å². The Bertz CT molecular complexity index is 1040. The van der Waals surface area contributed by atoms with Crippen molar-refractivity contribution in [3.05, 3.63) is 83.6 Å². The summed E-state index contributed by atoms with van der Waals surface area (Å²) in [4.78, 5) is 19.1. The number of ether oxygens (including phenoxy) is 1. The molecule has 0 saturated heterocycles. The third-order valence-electron chi connectivity index (χ3n) is 4.72. The molecule has 7 heteroatoms. The van der Waals surface area contributed by atoms with E-state index in [0.717, 1.165) is 29.8 Å². The van der Waals surface area contributed by atoms with Crippen LogP contribution in [0.2, 0.25) is 0 Å². The van der Waals surface area contributed by atoms with Crippen molar-refractivity contribution in [1.82, 2.24) is 4.98 Å². The van der Waals surface area contributed by atoms with E-state index in [0.29, 0.717) is 24.5 Å². The molecule has 0 unspecified atom stereocenters. The number of hydrogen-bond acceptors (Lipinski definition) is 4. The number of nitrogens with zero attached hydrogens (tertiary/aromatic N) is 2. The second-order valence-electron chi connectivity index (χ2n) is 6.59. The van der Waals surface area contributed by atoms with E-state index in [2.05, 4.69) is 10.3 Å². The Morgan fingerprint density at radius 1 is 1.10 bits per heavy atom. The SMILES string of the molecule is O=C(c1cccnc1NCCOc1ccc(F)c(F)c1)N1CCc2ccccc21. The average Bonchev–Trinajstić information content (AvgIpc) is 3.18. The van der Waals surface area contributed by atoms with Gasteiger partial charge in [-0.25, -0.2) is 13.8 Å². The summed E-state index contributed by atoms with van der Waals surface area (Å²) in [6.45, 7) is 1.17. The molecule has 1 aliphatic heterocycles. The Morgan fingerprint density at radius 2 is 1.97 bits per heavy atom. The number of amides is 1. The topological polar surface area (TPSA) is 54.5 Å². The maximum atomic E-state index is 13.2. The molecule has 0 atom stereocenters. The molecular weight excluding hydrogens is 376 g/mol. The molecule has 1 amide bonds. The van der Waals surface area contributed by atoms with E-state index in [9.17, 15) is 13.6 Å². The van der Waals surface area contributed by atoms with Crippen LogP contribution in [0.5, 0.6) is 5.75 Å². The van der Waals surface area contributed by atoms with E-state index in [4.69, 9.17) is 4.74 Å². The molecular formula is C22H19F2N3O2. The van der Waals surface area contributed by atoms with Gasteiger partial charge >= 0.3 is 0 Å². The molecule has 2 heterocycles. The number of nitrogens with one attached hydrogen (secondary N) is 1. The first-order chi connectivity index (χ1) is 14.1. The zero-order valence-electron chi connectivity index (χ0n) is 15.6. The highest BCUT2D eigenvalue weighted by Crippen LogP contribution is 2.29. The van der Waals surface area contributed by atoms with Gasteiger partial charge in [-0.05, 0) is 42.3 Å². The number of fused-ring (bicyclic) bond motifs is 1. The smallest absolute Gasteiger partial charge is 0.262 e. The van der Waals surface area contributed by atoms with Crippen LogP contribution in [0.15, 0.2) is 60.8 Å². The molecule has 0 radical (unpaired) electrons. The molecule has 5 nitrogen and oxygen atoms in total. The highest BCUT2D eigenvalue weighted by molar-refractivity contribution is 6.10. The summed E-state index contributed by atoms with van der Waals surface area (Å²) in [6.07, 6.45) is 2.43. The van der Waals surface area contributed by atoms with Crippen molar-refractivity contribution in [2.75, 3.05) is 29.9 Å². The van der Waals surface area contributed by atoms with Crippen molar-refractivity contribution >= 4 is 17.4 Å². The molecule has 0 fully saturated rings. The first-order valence-electron chi connectivity index (χ1n) is 9.30. The predicted molar refractivity (Wildman–Crippen MR) is 106 cm³/mol. The number of benzene rings is 2. The third-order valence-corrected chi connectivity index (χ3v) is 4.72. The fourth-order valence-electron chi connectivity index (χ4n) is 3.32. The van der Waals surface area contributed by atoms with Crippen LogP contribution < -0.4 is 15.0 Å². The molecule has 1 aliphatic rings. The lowest BCUT2D eigenvalue weighted by Gasteiger charge is -2.19. The summed E-state index contributed by atoms with van der Waals surface area (Å²) in [5, 5.41) is 3.09. The van der Waals surface area contributed by atoms with Gasteiger partial charge in [-0.15, -0.1) is 0 Å². The van der Waals surface area contributed by atoms with Crippen LogP contribution in [-0.4, -0.2) is 30.6 Å². The van der Waals surface area contributed by atoms with Gasteiger partial charge in [0.1, 0.15) is 18.2 Å². The quantitative estimate of drug-likeness (QED) is 0.640. The maximum Gasteiger partial charge on any atom is 0.262 e. The zero-order valence-corrected chi connectivity index (χ0v) is 15.6. The Morgan fingerprint density at radius 3 is 2.83 bits per heavy atom. The minimum atomic E-state index is -0.959. The van der Waals surface area contributed by atoms with E-state index < -0.39 is 11.6 Å². The molecule has 2 aromatic carbocycles. The zero-order chi connectivity index (χ0) is 20.2. The lowest BCUT2D eigenvalue weighted by Crippen LogP contribution is -2.30. The molecule has 29 heavy (non-hydrogen) atoms. The van der Waals surface area contributed by atoms with Gasteiger partial charge in [-0.2, -0.15) is 0 Å². The number of hydrogen-bond donors (Lipinski definition) is 1. The lowest BCUT2D eigenvalue weighted by atomic mass is 10.1. The lowest BCUT2D eigenvalue weighted by molar-refractivity contribution is 0.0990. The van der Waals surface area contributed by atoms with Gasteiger partial charge in [0.25, 0.3) is 5.91 Å². The number of rotatable bonds is 6. The van der Waals surface area contributed by atoms with Gasteiger partial charge in [0, 0.05) is 24.5 Å². The van der Waals surface area contributed by atoms with Gasteiger partial charge in [0.2, 0.25) is 0 Å². The van der Waals surface area contributed by atoms with Crippen molar-refractivity contribution in [3.63, 3.8) is 0 Å². The minimum Gasteiger partial charge on any atom is -0.492 e. The van der Waals surface area contributed by atoms with Crippen LogP contribution in [0.1, 0.15) is 15.9 Å². The third kappa shape index (κ3) is 4.03. The fraction of sp³-hybridized carbons (Fsp3) is 0.182. The van der Waals surface area contributed by atoms with Crippen molar-refractivity contribution < 1.29 is 18.3 Å². The van der Waals surface area contributed by atoms with E-state index in [-0.39, 0.29) is 18.3 Å². The number of carbonyl (C=O) groups excluding carboxylic acids is 1. The van der Waals surface area contributed by atoms with Crippen molar-refractivity contribution in [1.29, 1.82) is 0 Å². The first kappa shape index (κ1) is 18.9. The van der Waals surface area contributed by atoms with Crippen LogP contribution in [0.3, 0.4) is 0 Å². The van der Waals surface area contributed by atoms with Gasteiger partial charge in [0.05, 0.1) is 12.1 Å². The molecule has 1 N–H and O–H groups in total. The molecule has 0 aliphatic carbocycles. The minimum absolute atomic E-state index is 0.118. The van der Waals surface area contributed by atoms with E-state index in [1.807, 2.05) is 24.3 Å². The predicted octanol–water partition coefficient (Wildman–Crippen LogP) is 4.05. The van der Waals surface area contributed by atoms with Gasteiger partial charge in [-0.3, -0.25) is 4.79 Å². The Labute approximate surface area is 166 Å². The van der Waals surface area contributed by atoms with Crippen molar-refractivity contribution in [2.45, 2.75) is 6.42 Å². The van der Waals surface area contributed by atoms with Crippen LogP contribution in [-0.2, 0) is 6.42 Å². The van der Waals surface area contributed by atoms with E-state index >= 15 is 0 Å². The summed E-state index contributed by atoms with van der Waals surface area (Å²) in [6, 6.07) is 14.7. The maximum absolute atomic E-state index is 13.2. The first-order valence-corrected chi connectivity index (χ1v) is 9.30. The van der Waals surface area contributed by atoms with Gasteiger partial charge < -0.3 is 15.0 Å². The van der Waals surface area contributed by atoms with Crippen molar-refractivity contribution in [2.24, 2.45) is 0 Å². The van der Waals surface area contributed by atoms with E-state index in [1.165, 1.54) is 6.07 Å². The summed E-state index contributed by atoms with van der Waals surface area (Å²) < 4.78 is 31.6. The van der Waals surface area contributed by atoms with Gasteiger partial charge in [0.15, 0.2) is 11.6 Å². The highest BCUT2D eigenvalue weighted by atomic mass is 19.2. The Hall–Kier alpha value is -3.48. The Kier molecular flexibility index (Phi) is 5.37. The normalized spacial score (nSPS) is 12.6. The molecule has 1 aromatic heterocycles. The molecule has 3 aromatic rings. The Balaban J connectivity index is 1.41. The summed E-state index contributed by atoms with van der Waals surface area (Å²) in [5.74, 6) is -1.31. The number of pyridine rings is 1. The monoisotopic (exact) mass is 395 g/mol. The number of anilines is 2. The second-order valence-corrected chi connectivity index (χ2v) is 6.59. The summed E-state index contributed by atoms with van der Waals surface area (Å²) in [7, 11) is 0. The highest BCUT2D eigenvalue weighted by Gasteiger charge is 2.26. The summed E-state index contributed by atoms with van der Waals surface area (Å²) in [5.41, 5.74) is 2.55. The molecule has 0 bridgehead atoms. The molecule has 0 saturated carbocycles. The van der Waals surface area contributed by atoms with Gasteiger partial charge in [-0.1, -0.05) is 18.2 Å². The molecule has 0 spiro atoms. The van der Waals surface area contributed by atoms with Crippen LogP contribution >= 0.6 is 0 Å². The summed E-state index contributed by atoms with van der Waals surface area (Å²) >= 11 is 0.